The van der Waals surface area contributed by atoms with Gasteiger partial charge in [-0.2, -0.15) is 0 Å². The normalized spacial score (nSPS) is 12.2. The first-order chi connectivity index (χ1) is 19.9. The average molecular weight is 566 g/mol. The Labute approximate surface area is 241 Å². The molecular formula is C33H31N3O4S. The van der Waals surface area contributed by atoms with E-state index < -0.39 is 5.97 Å². The van der Waals surface area contributed by atoms with E-state index in [0.717, 1.165) is 50.3 Å². The summed E-state index contributed by atoms with van der Waals surface area (Å²) in [5.41, 5.74) is 4.57. The third-order valence-electron chi connectivity index (χ3n) is 6.86. The zero-order chi connectivity index (χ0) is 28.9. The van der Waals surface area contributed by atoms with Crippen LogP contribution >= 0.6 is 11.3 Å². The molecule has 0 aliphatic rings. The van der Waals surface area contributed by atoms with Gasteiger partial charge >= 0.3 is 5.97 Å². The minimum Gasteiger partial charge on any atom is -0.463 e. The van der Waals surface area contributed by atoms with Crippen molar-refractivity contribution in [2.75, 3.05) is 6.61 Å². The van der Waals surface area contributed by atoms with Crippen LogP contribution < -0.4 is 20.1 Å². The molecule has 0 aliphatic carbocycles. The largest absolute Gasteiger partial charge is 0.463 e. The second-order valence-electron chi connectivity index (χ2n) is 9.66. The van der Waals surface area contributed by atoms with Crippen molar-refractivity contribution in [2.45, 2.75) is 33.9 Å². The number of ether oxygens (including phenoxy) is 1. The number of hydrogen-bond acceptors (Lipinski definition) is 5. The van der Waals surface area contributed by atoms with Gasteiger partial charge < -0.3 is 14.6 Å². The molecular weight excluding hydrogens is 534 g/mol. The van der Waals surface area contributed by atoms with Crippen LogP contribution in [-0.2, 0) is 27.4 Å². The summed E-state index contributed by atoms with van der Waals surface area (Å²) < 4.78 is 9.38. The van der Waals surface area contributed by atoms with Crippen LogP contribution in [0.4, 0.5) is 0 Å². The molecule has 41 heavy (non-hydrogen) atoms. The highest BCUT2D eigenvalue weighted by Gasteiger charge is 2.15. The molecule has 8 heteroatoms. The lowest BCUT2D eigenvalue weighted by Gasteiger charge is -2.13. The van der Waals surface area contributed by atoms with E-state index >= 15 is 0 Å². The molecule has 3 aromatic carbocycles. The van der Waals surface area contributed by atoms with Crippen LogP contribution in [0.15, 0.2) is 83.7 Å². The zero-order valence-corrected chi connectivity index (χ0v) is 24.0. The summed E-state index contributed by atoms with van der Waals surface area (Å²) in [6.45, 7) is 6.12. The van der Waals surface area contributed by atoms with Gasteiger partial charge in [0.05, 0.1) is 22.9 Å². The van der Waals surface area contributed by atoms with Crippen LogP contribution in [0.2, 0.25) is 0 Å². The van der Waals surface area contributed by atoms with Crippen LogP contribution in [0, 0.1) is 13.8 Å². The lowest BCUT2D eigenvalue weighted by Crippen LogP contribution is -2.38. The van der Waals surface area contributed by atoms with Gasteiger partial charge in [-0.1, -0.05) is 66.7 Å². The maximum Gasteiger partial charge on any atom is 0.333 e. The first-order valence-corrected chi connectivity index (χ1v) is 14.2. The van der Waals surface area contributed by atoms with Gasteiger partial charge in [-0.25, -0.2) is 4.79 Å². The number of amides is 1. The van der Waals surface area contributed by atoms with Gasteiger partial charge in [0.1, 0.15) is 11.2 Å². The Morgan fingerprint density at radius 3 is 2.49 bits per heavy atom. The van der Waals surface area contributed by atoms with Crippen molar-refractivity contribution < 1.29 is 14.3 Å². The predicted molar refractivity (Wildman–Crippen MR) is 164 cm³/mol. The van der Waals surface area contributed by atoms with Gasteiger partial charge in [-0.3, -0.25) is 14.2 Å². The van der Waals surface area contributed by atoms with Crippen molar-refractivity contribution in [2.24, 2.45) is 0 Å². The summed E-state index contributed by atoms with van der Waals surface area (Å²) in [6, 6.07) is 26.0. The molecule has 208 valence electrons. The maximum atomic E-state index is 13.6. The number of nitrogens with one attached hydrogen (secondary N) is 1. The molecule has 7 nitrogen and oxygen atoms in total. The van der Waals surface area contributed by atoms with E-state index in [1.165, 1.54) is 10.6 Å². The quantitative estimate of drug-likeness (QED) is 0.289. The Bertz CT molecular complexity index is 1910. The minimum atomic E-state index is -0.562. The molecule has 1 amide bonds. The standard InChI is InChI=1S/C33H31N3O4S/c1-4-40-32(38)19-31-35(21-30(37)34-20-24-11-6-5-7-12-24)33(39)29(41-31)18-26-17-22(2)36(23(26)3)28-16-10-14-25-13-8-9-15-27(25)28/h5-19H,4,20-21H2,1-3H3,(H,34,37)/b29-18-,31-19-. The number of thiazole rings is 1. The summed E-state index contributed by atoms with van der Waals surface area (Å²) in [4.78, 5) is 38.7. The SMILES string of the molecule is CCOC(=O)/C=c1\s/c(=C\c2cc(C)n(-c3cccc4ccccc34)c2C)c(=O)n1CC(=O)NCc1ccccc1. The molecule has 0 saturated carbocycles. The monoisotopic (exact) mass is 565 g/mol. The Morgan fingerprint density at radius 2 is 1.71 bits per heavy atom. The Hall–Kier alpha value is -4.69. The number of aromatic nitrogens is 2. The fourth-order valence-electron chi connectivity index (χ4n) is 4.92. The van der Waals surface area contributed by atoms with E-state index in [9.17, 15) is 14.4 Å². The fraction of sp³-hybridized carbons (Fsp3) is 0.182. The molecule has 2 heterocycles. The van der Waals surface area contributed by atoms with Gasteiger partial charge in [-0.05, 0) is 55.5 Å². The minimum absolute atomic E-state index is 0.210. The highest BCUT2D eigenvalue weighted by atomic mass is 32.1. The molecule has 0 unspecified atom stereocenters. The average Bonchev–Trinajstić information content (AvgIpc) is 3.41. The van der Waals surface area contributed by atoms with E-state index in [1.54, 1.807) is 6.92 Å². The fourth-order valence-corrected chi connectivity index (χ4v) is 5.94. The molecule has 0 saturated heterocycles. The Balaban J connectivity index is 1.54. The first-order valence-electron chi connectivity index (χ1n) is 13.4. The topological polar surface area (TPSA) is 82.3 Å². The number of esters is 1. The Kier molecular flexibility index (Phi) is 8.31. The van der Waals surface area contributed by atoms with Crippen LogP contribution in [-0.4, -0.2) is 27.6 Å². The third-order valence-corrected chi connectivity index (χ3v) is 7.92. The van der Waals surface area contributed by atoms with E-state index in [4.69, 9.17) is 4.74 Å². The van der Waals surface area contributed by atoms with Gasteiger partial charge in [-0.15, -0.1) is 11.3 Å². The highest BCUT2D eigenvalue weighted by molar-refractivity contribution is 7.07. The predicted octanol–water partition coefficient (Wildman–Crippen LogP) is 3.96. The summed E-state index contributed by atoms with van der Waals surface area (Å²) in [5.74, 6) is -0.888. The molecule has 0 spiro atoms. The van der Waals surface area contributed by atoms with Gasteiger partial charge in [0.25, 0.3) is 5.56 Å². The van der Waals surface area contributed by atoms with E-state index in [-0.39, 0.29) is 24.6 Å². The molecule has 0 atom stereocenters. The molecule has 2 aromatic heterocycles. The molecule has 0 aliphatic heterocycles. The molecule has 5 aromatic rings. The molecule has 0 bridgehead atoms. The number of carbonyl (C=O) groups is 2. The van der Waals surface area contributed by atoms with Crippen molar-refractivity contribution in [3.05, 3.63) is 121 Å². The Morgan fingerprint density at radius 1 is 0.976 bits per heavy atom. The number of aryl methyl sites for hydroxylation is 1. The van der Waals surface area contributed by atoms with Crippen LogP contribution in [0.5, 0.6) is 0 Å². The molecule has 0 fully saturated rings. The second kappa shape index (κ2) is 12.2. The van der Waals surface area contributed by atoms with Gasteiger partial charge in [0.2, 0.25) is 5.91 Å². The summed E-state index contributed by atoms with van der Waals surface area (Å²) in [7, 11) is 0. The molecule has 5 rings (SSSR count). The maximum absolute atomic E-state index is 13.6. The summed E-state index contributed by atoms with van der Waals surface area (Å²) >= 11 is 1.16. The van der Waals surface area contributed by atoms with E-state index in [0.29, 0.717) is 15.7 Å². The van der Waals surface area contributed by atoms with Crippen LogP contribution in [0.1, 0.15) is 29.4 Å². The van der Waals surface area contributed by atoms with Crippen LogP contribution in [0.25, 0.3) is 28.6 Å². The summed E-state index contributed by atoms with van der Waals surface area (Å²) in [6.07, 6.45) is 3.11. The van der Waals surface area contributed by atoms with Crippen LogP contribution in [0.3, 0.4) is 0 Å². The van der Waals surface area contributed by atoms with Gasteiger partial charge in [0, 0.05) is 23.3 Å². The third kappa shape index (κ3) is 6.07. The van der Waals surface area contributed by atoms with E-state index in [1.807, 2.05) is 74.5 Å². The second-order valence-corrected chi connectivity index (χ2v) is 10.7. The lowest BCUT2D eigenvalue weighted by molar-refractivity contribution is -0.135. The van der Waals surface area contributed by atoms with Crippen molar-refractivity contribution >= 4 is 46.1 Å². The van der Waals surface area contributed by atoms with Crippen molar-refractivity contribution in [1.82, 2.24) is 14.5 Å². The highest BCUT2D eigenvalue weighted by Crippen LogP contribution is 2.27. The van der Waals surface area contributed by atoms with Crippen molar-refractivity contribution in [3.8, 4) is 5.69 Å². The number of hydrogen-bond donors (Lipinski definition) is 1. The smallest absolute Gasteiger partial charge is 0.333 e. The summed E-state index contributed by atoms with van der Waals surface area (Å²) in [5, 5.41) is 5.14. The number of benzene rings is 3. The number of rotatable bonds is 8. The first kappa shape index (κ1) is 27.9. The number of nitrogens with zero attached hydrogens (tertiary/aromatic N) is 2. The number of fused-ring (bicyclic) bond motifs is 1. The molecule has 0 radical (unpaired) electrons. The van der Waals surface area contributed by atoms with Gasteiger partial charge in [0.15, 0.2) is 0 Å². The van der Waals surface area contributed by atoms with E-state index in [2.05, 4.69) is 34.1 Å². The number of carbonyl (C=O) groups excluding carboxylic acids is 2. The van der Waals surface area contributed by atoms with Crippen molar-refractivity contribution in [3.63, 3.8) is 0 Å². The lowest BCUT2D eigenvalue weighted by atomic mass is 10.1. The zero-order valence-electron chi connectivity index (χ0n) is 23.2. The molecule has 1 N–H and O–H groups in total. The van der Waals surface area contributed by atoms with Crippen molar-refractivity contribution in [1.29, 1.82) is 0 Å².